The molecule has 1 saturated carbocycles. The Balaban J connectivity index is 2.10. The van der Waals surface area contributed by atoms with Gasteiger partial charge in [-0.15, -0.1) is 0 Å². The van der Waals surface area contributed by atoms with Gasteiger partial charge in [-0.1, -0.05) is 23.7 Å². The summed E-state index contributed by atoms with van der Waals surface area (Å²) in [5, 5.41) is 0.616. The number of aromatic nitrogens is 1. The lowest BCUT2D eigenvalue weighted by Gasteiger charge is -2.23. The zero-order chi connectivity index (χ0) is 16.4. The van der Waals surface area contributed by atoms with Crippen LogP contribution in [0.5, 0.6) is 0 Å². The zero-order valence-electron chi connectivity index (χ0n) is 12.7. The molecule has 1 amide bonds. The molecule has 0 spiro atoms. The van der Waals surface area contributed by atoms with Crippen LogP contribution in [0.1, 0.15) is 30.0 Å². The summed E-state index contributed by atoms with van der Waals surface area (Å²) in [7, 11) is 1.87. The van der Waals surface area contributed by atoms with Gasteiger partial charge in [0, 0.05) is 18.7 Å². The summed E-state index contributed by atoms with van der Waals surface area (Å²) in [5.74, 6) is 1.29. The molecule has 5 nitrogen and oxygen atoms in total. The molecule has 1 aromatic heterocycles. The first-order chi connectivity index (χ1) is 11.1. The number of benzene rings is 1. The number of aliphatic imine (C=N–C) groups is 1. The van der Waals surface area contributed by atoms with Gasteiger partial charge in [0.1, 0.15) is 11.7 Å². The van der Waals surface area contributed by atoms with E-state index in [-0.39, 0.29) is 5.84 Å². The molecule has 118 valence electrons. The van der Waals surface area contributed by atoms with Crippen LogP contribution in [0.15, 0.2) is 41.4 Å². The third-order valence-electron chi connectivity index (χ3n) is 3.89. The van der Waals surface area contributed by atoms with Crippen LogP contribution in [-0.4, -0.2) is 24.3 Å². The number of nitrogens with two attached hydrogens (primary N) is 1. The maximum atomic E-state index is 10.7. The molecule has 2 N–H and O–H groups in total. The molecule has 1 aliphatic carbocycles. The Morgan fingerprint density at radius 3 is 2.74 bits per heavy atom. The minimum absolute atomic E-state index is 0.142. The van der Waals surface area contributed by atoms with Gasteiger partial charge in [0.2, 0.25) is 6.41 Å². The second kappa shape index (κ2) is 6.38. The van der Waals surface area contributed by atoms with E-state index in [0.717, 1.165) is 24.2 Å². The van der Waals surface area contributed by atoms with E-state index in [4.69, 9.17) is 22.3 Å². The molecule has 0 atom stereocenters. The molecule has 0 unspecified atom stereocenters. The third kappa shape index (κ3) is 3.19. The molecular weight excluding hydrogens is 312 g/mol. The Bertz CT molecular complexity index is 771. The van der Waals surface area contributed by atoms with Crippen LogP contribution in [0.4, 0.5) is 11.5 Å². The van der Waals surface area contributed by atoms with Crippen LogP contribution in [0.2, 0.25) is 5.02 Å². The lowest BCUT2D eigenvalue weighted by atomic mass is 10.1. The number of nitrogens with zero attached hydrogens (tertiary/aromatic N) is 3. The number of hydrogen-bond donors (Lipinski definition) is 1. The first-order valence-corrected chi connectivity index (χ1v) is 7.76. The summed E-state index contributed by atoms with van der Waals surface area (Å²) in [5.41, 5.74) is 8.38. The summed E-state index contributed by atoms with van der Waals surface area (Å²) < 4.78 is 0. The highest BCUT2D eigenvalue weighted by Crippen LogP contribution is 2.40. The first-order valence-electron chi connectivity index (χ1n) is 7.38. The quantitative estimate of drug-likeness (QED) is 0.519. The normalized spacial score (nSPS) is 14.6. The molecule has 1 fully saturated rings. The second-order valence-corrected chi connectivity index (χ2v) is 5.92. The molecule has 3 rings (SSSR count). The Morgan fingerprint density at radius 1 is 1.35 bits per heavy atom. The van der Waals surface area contributed by atoms with Crippen LogP contribution in [0, 0.1) is 0 Å². The van der Waals surface area contributed by atoms with E-state index in [1.165, 1.54) is 0 Å². The van der Waals surface area contributed by atoms with E-state index >= 15 is 0 Å². The summed E-state index contributed by atoms with van der Waals surface area (Å²) in [6.07, 6.45) is 2.74. The van der Waals surface area contributed by atoms with E-state index in [1.807, 2.05) is 48.3 Å². The Labute approximate surface area is 139 Å². The summed E-state index contributed by atoms with van der Waals surface area (Å²) in [6, 6.07) is 11.3. The summed E-state index contributed by atoms with van der Waals surface area (Å²) in [6.45, 7) is 0. The van der Waals surface area contributed by atoms with Crippen molar-refractivity contribution in [3.05, 3.63) is 52.7 Å². The van der Waals surface area contributed by atoms with Crippen molar-refractivity contribution in [2.24, 2.45) is 10.7 Å². The average molecular weight is 329 g/mol. The number of hydrogen-bond acceptors (Lipinski definition) is 3. The lowest BCUT2D eigenvalue weighted by molar-refractivity contribution is -0.106. The number of para-hydroxylation sites is 1. The van der Waals surface area contributed by atoms with Gasteiger partial charge in [0.15, 0.2) is 0 Å². The Morgan fingerprint density at radius 2 is 2.09 bits per heavy atom. The van der Waals surface area contributed by atoms with Crippen LogP contribution in [0.25, 0.3) is 0 Å². The summed E-state index contributed by atoms with van der Waals surface area (Å²) >= 11 is 6.29. The molecule has 1 aliphatic rings. The third-order valence-corrected chi connectivity index (χ3v) is 4.21. The zero-order valence-corrected chi connectivity index (χ0v) is 13.5. The number of rotatable bonds is 5. The summed E-state index contributed by atoms with van der Waals surface area (Å²) in [4.78, 5) is 20.9. The highest BCUT2D eigenvalue weighted by molar-refractivity contribution is 6.33. The molecule has 0 radical (unpaired) electrons. The second-order valence-electron chi connectivity index (χ2n) is 5.51. The monoisotopic (exact) mass is 328 g/mol. The van der Waals surface area contributed by atoms with Crippen molar-refractivity contribution >= 4 is 35.4 Å². The van der Waals surface area contributed by atoms with Crippen molar-refractivity contribution < 1.29 is 4.79 Å². The van der Waals surface area contributed by atoms with Gasteiger partial charge < -0.3 is 10.6 Å². The molecule has 1 aromatic carbocycles. The average Bonchev–Trinajstić information content (AvgIpc) is 3.39. The van der Waals surface area contributed by atoms with E-state index in [9.17, 15) is 4.79 Å². The Kier molecular flexibility index (Phi) is 4.30. The number of halogens is 1. The number of carbonyl (C=O) groups excluding carboxylic acids is 1. The van der Waals surface area contributed by atoms with Gasteiger partial charge in [-0.2, -0.15) is 4.99 Å². The topological polar surface area (TPSA) is 71.6 Å². The SMILES string of the molecule is CN(c1ccccc1Cl)c1nc(C2CC2)ccc1/C(N)=N\C=O. The number of anilines is 2. The molecule has 0 saturated heterocycles. The molecule has 0 aliphatic heterocycles. The van der Waals surface area contributed by atoms with E-state index in [1.54, 1.807) is 0 Å². The maximum absolute atomic E-state index is 10.7. The number of pyridine rings is 1. The van der Waals surface area contributed by atoms with E-state index in [0.29, 0.717) is 28.7 Å². The predicted molar refractivity (Wildman–Crippen MR) is 92.5 cm³/mol. The minimum Gasteiger partial charge on any atom is -0.383 e. The van der Waals surface area contributed by atoms with Gasteiger partial charge in [0.25, 0.3) is 0 Å². The maximum Gasteiger partial charge on any atom is 0.234 e. The molecule has 6 heteroatoms. The van der Waals surface area contributed by atoms with Crippen molar-refractivity contribution in [3.63, 3.8) is 0 Å². The van der Waals surface area contributed by atoms with Gasteiger partial charge in [-0.25, -0.2) is 4.98 Å². The van der Waals surface area contributed by atoms with Gasteiger partial charge >= 0.3 is 0 Å². The molecular formula is C17H17ClN4O. The van der Waals surface area contributed by atoms with Crippen molar-refractivity contribution in [2.45, 2.75) is 18.8 Å². The first kappa shape index (κ1) is 15.5. The fourth-order valence-corrected chi connectivity index (χ4v) is 2.75. The highest BCUT2D eigenvalue weighted by atomic mass is 35.5. The predicted octanol–water partition coefficient (Wildman–Crippen LogP) is 3.24. The van der Waals surface area contributed by atoms with Crippen LogP contribution in [-0.2, 0) is 4.79 Å². The Hall–Kier alpha value is -2.40. The smallest absolute Gasteiger partial charge is 0.234 e. The van der Waals surface area contributed by atoms with E-state index in [2.05, 4.69) is 4.99 Å². The minimum atomic E-state index is 0.142. The van der Waals surface area contributed by atoms with Gasteiger partial charge in [0.05, 0.1) is 16.3 Å². The molecule has 0 bridgehead atoms. The lowest BCUT2D eigenvalue weighted by Crippen LogP contribution is -2.21. The fourth-order valence-electron chi connectivity index (χ4n) is 2.49. The number of amides is 1. The molecule has 1 heterocycles. The fraction of sp³-hybridized carbons (Fsp3) is 0.235. The van der Waals surface area contributed by atoms with Crippen molar-refractivity contribution in [1.29, 1.82) is 0 Å². The van der Waals surface area contributed by atoms with Gasteiger partial charge in [-0.3, -0.25) is 4.79 Å². The van der Waals surface area contributed by atoms with E-state index < -0.39 is 0 Å². The van der Waals surface area contributed by atoms with Crippen LogP contribution < -0.4 is 10.6 Å². The highest BCUT2D eigenvalue weighted by Gasteiger charge is 2.27. The molecule has 23 heavy (non-hydrogen) atoms. The van der Waals surface area contributed by atoms with Crippen molar-refractivity contribution in [3.8, 4) is 0 Å². The number of amidine groups is 1. The van der Waals surface area contributed by atoms with Crippen molar-refractivity contribution in [2.75, 3.05) is 11.9 Å². The largest absolute Gasteiger partial charge is 0.383 e. The molecule has 2 aromatic rings. The van der Waals surface area contributed by atoms with Crippen LogP contribution in [0.3, 0.4) is 0 Å². The standard InChI is InChI=1S/C17H17ClN4O/c1-22(15-5-3-2-4-13(15)18)17-12(16(19)20-10-23)8-9-14(21-17)11-6-7-11/h2-5,8-11H,6-7H2,1H3,(H2,19,20,23). The number of carbonyl (C=O) groups is 1. The van der Waals surface area contributed by atoms with Crippen LogP contribution >= 0.6 is 11.6 Å². The van der Waals surface area contributed by atoms with Gasteiger partial charge in [-0.05, 0) is 37.1 Å². The van der Waals surface area contributed by atoms with Crippen molar-refractivity contribution in [1.82, 2.24) is 4.98 Å².